The van der Waals surface area contributed by atoms with Gasteiger partial charge >= 0.3 is 0 Å². The van der Waals surface area contributed by atoms with Crippen LogP contribution in [-0.4, -0.2) is 9.55 Å². The van der Waals surface area contributed by atoms with E-state index in [-0.39, 0.29) is 16.6 Å². The van der Waals surface area contributed by atoms with Crippen LogP contribution in [0.5, 0.6) is 0 Å². The minimum atomic E-state index is -0.757. The molecule has 0 atom stereocenters. The SMILES string of the molecule is Cc1ccc2nc(CCl)n(-c3c(F)cc(F)cc3Cl)c2c1. The first-order chi connectivity index (χ1) is 10.0. The number of aryl methyl sites for hydroxylation is 1. The molecule has 3 aromatic rings. The number of halogens is 4. The Balaban J connectivity index is 2.41. The lowest BCUT2D eigenvalue weighted by Gasteiger charge is -2.11. The van der Waals surface area contributed by atoms with Gasteiger partial charge in [-0.1, -0.05) is 17.7 Å². The second-order valence-electron chi connectivity index (χ2n) is 4.71. The molecule has 0 aliphatic heterocycles. The van der Waals surface area contributed by atoms with Gasteiger partial charge in [-0.25, -0.2) is 13.8 Å². The predicted molar refractivity (Wildman–Crippen MR) is 80.3 cm³/mol. The molecule has 21 heavy (non-hydrogen) atoms. The summed E-state index contributed by atoms with van der Waals surface area (Å²) in [4.78, 5) is 4.37. The fourth-order valence-electron chi connectivity index (χ4n) is 2.32. The van der Waals surface area contributed by atoms with Gasteiger partial charge in [0.1, 0.15) is 17.3 Å². The van der Waals surface area contributed by atoms with Crippen molar-refractivity contribution in [2.45, 2.75) is 12.8 Å². The van der Waals surface area contributed by atoms with Crippen molar-refractivity contribution in [1.82, 2.24) is 9.55 Å². The summed E-state index contributed by atoms with van der Waals surface area (Å²) in [5.74, 6) is -0.952. The maximum absolute atomic E-state index is 14.2. The zero-order chi connectivity index (χ0) is 15.1. The first-order valence-electron chi connectivity index (χ1n) is 6.20. The van der Waals surface area contributed by atoms with E-state index in [1.165, 1.54) is 4.57 Å². The van der Waals surface area contributed by atoms with Crippen LogP contribution < -0.4 is 0 Å². The van der Waals surface area contributed by atoms with E-state index in [1.807, 2.05) is 25.1 Å². The van der Waals surface area contributed by atoms with E-state index >= 15 is 0 Å². The molecule has 0 saturated carbocycles. The molecule has 6 heteroatoms. The van der Waals surface area contributed by atoms with Crippen molar-refractivity contribution in [2.75, 3.05) is 0 Å². The third-order valence-electron chi connectivity index (χ3n) is 3.20. The number of hydrogen-bond donors (Lipinski definition) is 0. The first-order valence-corrected chi connectivity index (χ1v) is 7.11. The van der Waals surface area contributed by atoms with E-state index in [0.29, 0.717) is 16.9 Å². The molecule has 108 valence electrons. The summed E-state index contributed by atoms with van der Waals surface area (Å²) >= 11 is 11.9. The lowest BCUT2D eigenvalue weighted by Crippen LogP contribution is -2.04. The Hall–Kier alpha value is -1.65. The first kappa shape index (κ1) is 14.3. The van der Waals surface area contributed by atoms with Gasteiger partial charge in [-0.15, -0.1) is 11.6 Å². The summed E-state index contributed by atoms with van der Waals surface area (Å²) in [6, 6.07) is 7.45. The van der Waals surface area contributed by atoms with Crippen LogP contribution in [-0.2, 0) is 5.88 Å². The summed E-state index contributed by atoms with van der Waals surface area (Å²) in [6.07, 6.45) is 0. The molecule has 0 saturated heterocycles. The van der Waals surface area contributed by atoms with Crippen molar-refractivity contribution in [3.8, 4) is 5.69 Å². The van der Waals surface area contributed by atoms with Gasteiger partial charge in [0, 0.05) is 6.07 Å². The van der Waals surface area contributed by atoms with Crippen LogP contribution >= 0.6 is 23.2 Å². The zero-order valence-electron chi connectivity index (χ0n) is 11.0. The van der Waals surface area contributed by atoms with E-state index in [9.17, 15) is 8.78 Å². The number of hydrogen-bond acceptors (Lipinski definition) is 1. The molecule has 0 spiro atoms. The van der Waals surface area contributed by atoms with Gasteiger partial charge in [0.25, 0.3) is 0 Å². The third-order valence-corrected chi connectivity index (χ3v) is 3.73. The number of rotatable bonds is 2. The van der Waals surface area contributed by atoms with Gasteiger partial charge in [-0.05, 0) is 30.7 Å². The van der Waals surface area contributed by atoms with Crippen molar-refractivity contribution in [3.63, 3.8) is 0 Å². The Bertz CT molecular complexity index is 820. The zero-order valence-corrected chi connectivity index (χ0v) is 12.5. The molecule has 2 aromatic carbocycles. The van der Waals surface area contributed by atoms with Gasteiger partial charge in [0.2, 0.25) is 0 Å². The Kier molecular flexibility index (Phi) is 3.59. The van der Waals surface area contributed by atoms with Crippen LogP contribution in [0.1, 0.15) is 11.4 Å². The van der Waals surface area contributed by atoms with Gasteiger partial charge in [0.15, 0.2) is 5.82 Å². The second kappa shape index (κ2) is 5.28. The minimum absolute atomic E-state index is 0.0281. The summed E-state index contributed by atoms with van der Waals surface area (Å²) in [7, 11) is 0. The molecule has 0 N–H and O–H groups in total. The van der Waals surface area contributed by atoms with Crippen molar-refractivity contribution < 1.29 is 8.78 Å². The molecular formula is C15H10Cl2F2N2. The molecule has 3 rings (SSSR count). The van der Waals surface area contributed by atoms with Gasteiger partial charge in [-0.3, -0.25) is 4.57 Å². The Morgan fingerprint density at radius 2 is 1.95 bits per heavy atom. The number of benzene rings is 2. The summed E-state index contributed by atoms with van der Waals surface area (Å²) in [5, 5.41) is -0.0281. The van der Waals surface area contributed by atoms with Crippen molar-refractivity contribution >= 4 is 34.2 Å². The standard InChI is InChI=1S/C15H10Cl2F2N2/c1-8-2-3-12-13(4-8)21(14(7-16)20-12)15-10(17)5-9(18)6-11(15)19/h2-6H,7H2,1H3. The average Bonchev–Trinajstić information content (AvgIpc) is 2.76. The van der Waals surface area contributed by atoms with E-state index in [0.717, 1.165) is 17.7 Å². The van der Waals surface area contributed by atoms with Crippen molar-refractivity contribution in [2.24, 2.45) is 0 Å². The van der Waals surface area contributed by atoms with Gasteiger partial charge in [-0.2, -0.15) is 0 Å². The molecule has 0 fully saturated rings. The lowest BCUT2D eigenvalue weighted by atomic mass is 10.2. The molecule has 1 heterocycles. The number of alkyl halides is 1. The molecule has 0 unspecified atom stereocenters. The topological polar surface area (TPSA) is 17.8 Å². The fourth-order valence-corrected chi connectivity index (χ4v) is 2.78. The highest BCUT2D eigenvalue weighted by Gasteiger charge is 2.18. The second-order valence-corrected chi connectivity index (χ2v) is 5.38. The van der Waals surface area contributed by atoms with E-state index in [4.69, 9.17) is 23.2 Å². The number of fused-ring (bicyclic) bond motifs is 1. The normalized spacial score (nSPS) is 11.3. The predicted octanol–water partition coefficient (Wildman–Crippen LogP) is 5.00. The van der Waals surface area contributed by atoms with Crippen LogP contribution in [0.25, 0.3) is 16.7 Å². The maximum atomic E-state index is 14.2. The number of nitrogens with zero attached hydrogens (tertiary/aromatic N) is 2. The third kappa shape index (κ3) is 2.39. The molecule has 0 radical (unpaired) electrons. The van der Waals surface area contributed by atoms with Crippen LogP contribution in [0.15, 0.2) is 30.3 Å². The molecule has 0 aliphatic rings. The van der Waals surface area contributed by atoms with Crippen LogP contribution in [0.3, 0.4) is 0 Å². The lowest BCUT2D eigenvalue weighted by molar-refractivity contribution is 0.578. The Morgan fingerprint density at radius 3 is 2.62 bits per heavy atom. The number of imidazole rings is 1. The average molecular weight is 327 g/mol. The molecule has 0 amide bonds. The number of aromatic nitrogens is 2. The molecule has 2 nitrogen and oxygen atoms in total. The minimum Gasteiger partial charge on any atom is -0.291 e. The van der Waals surface area contributed by atoms with E-state index in [2.05, 4.69) is 4.98 Å². The van der Waals surface area contributed by atoms with Gasteiger partial charge in [0.05, 0.1) is 21.9 Å². The van der Waals surface area contributed by atoms with Crippen LogP contribution in [0, 0.1) is 18.6 Å². The van der Waals surface area contributed by atoms with Crippen LogP contribution in [0.2, 0.25) is 5.02 Å². The molecule has 0 bridgehead atoms. The van der Waals surface area contributed by atoms with E-state index < -0.39 is 11.6 Å². The Morgan fingerprint density at radius 1 is 1.19 bits per heavy atom. The summed E-state index contributed by atoms with van der Waals surface area (Å²) < 4.78 is 29.0. The van der Waals surface area contributed by atoms with Crippen molar-refractivity contribution in [1.29, 1.82) is 0 Å². The molecular weight excluding hydrogens is 317 g/mol. The van der Waals surface area contributed by atoms with Crippen molar-refractivity contribution in [3.05, 3.63) is 58.4 Å². The van der Waals surface area contributed by atoms with Gasteiger partial charge < -0.3 is 0 Å². The maximum Gasteiger partial charge on any atom is 0.151 e. The highest BCUT2D eigenvalue weighted by molar-refractivity contribution is 6.32. The summed E-state index contributed by atoms with van der Waals surface area (Å²) in [5.41, 5.74) is 2.40. The highest BCUT2D eigenvalue weighted by Crippen LogP contribution is 2.31. The Labute approximate surface area is 129 Å². The molecule has 0 aliphatic carbocycles. The smallest absolute Gasteiger partial charge is 0.151 e. The largest absolute Gasteiger partial charge is 0.291 e. The highest BCUT2D eigenvalue weighted by atomic mass is 35.5. The van der Waals surface area contributed by atoms with E-state index in [1.54, 1.807) is 0 Å². The van der Waals surface area contributed by atoms with Crippen LogP contribution in [0.4, 0.5) is 8.78 Å². The monoisotopic (exact) mass is 326 g/mol. The molecule has 1 aromatic heterocycles. The fraction of sp³-hybridized carbons (Fsp3) is 0.133. The summed E-state index contributed by atoms with van der Waals surface area (Å²) in [6.45, 7) is 1.92. The quantitative estimate of drug-likeness (QED) is 0.605.